The zero-order valence-corrected chi connectivity index (χ0v) is 10.7. The number of hydrogen-bond acceptors (Lipinski definition) is 5. The fraction of sp³-hybridized carbons (Fsp3) is 0.200. The van der Waals surface area contributed by atoms with Gasteiger partial charge in [-0.05, 0) is 6.92 Å². The number of halogens is 2. The molecule has 14 heavy (non-hydrogen) atoms. The van der Waals surface area contributed by atoms with Crippen LogP contribution in [0.5, 0.6) is 0 Å². The van der Waals surface area contributed by atoms with Crippen LogP contribution in [0.3, 0.4) is 0 Å². The summed E-state index contributed by atoms with van der Waals surface area (Å²) in [5, 5.41) is 1.15. The van der Waals surface area contributed by atoms with Crippen molar-refractivity contribution in [2.24, 2.45) is 0 Å². The molecule has 1 heterocycles. The van der Waals surface area contributed by atoms with E-state index in [2.05, 4.69) is 0 Å². The summed E-state index contributed by atoms with van der Waals surface area (Å²) in [7, 11) is 1.95. The molecule has 1 rings (SSSR count). The zero-order valence-electron chi connectivity index (χ0n) is 6.69. The highest BCUT2D eigenvalue weighted by atomic mass is 35.7. The molecule has 0 bridgehead atoms. The van der Waals surface area contributed by atoms with Crippen molar-refractivity contribution in [1.82, 2.24) is 0 Å². The van der Waals surface area contributed by atoms with Gasteiger partial charge in [-0.3, -0.25) is 0 Å². The summed E-state index contributed by atoms with van der Waals surface area (Å²) in [6.45, 7) is 1.45. The highest BCUT2D eigenvalue weighted by Crippen LogP contribution is 2.34. The van der Waals surface area contributed by atoms with Crippen molar-refractivity contribution in [3.63, 3.8) is 0 Å². The van der Waals surface area contributed by atoms with Gasteiger partial charge >= 0.3 is 0 Å². The SMILES string of the molecule is Cc1scc(S(=O)(=O)Cl)c1S(=O)(=O)Cl. The molecule has 0 radical (unpaired) electrons. The van der Waals surface area contributed by atoms with E-state index in [9.17, 15) is 16.8 Å². The van der Waals surface area contributed by atoms with Crippen LogP contribution in [0, 0.1) is 6.92 Å². The van der Waals surface area contributed by atoms with Crippen LogP contribution in [-0.4, -0.2) is 16.8 Å². The Hall–Kier alpha value is 0.180. The molecule has 9 heteroatoms. The predicted octanol–water partition coefficient (Wildman–Crippen LogP) is 1.91. The summed E-state index contributed by atoms with van der Waals surface area (Å²) in [6, 6.07) is 0. The first-order valence-corrected chi connectivity index (χ1v) is 8.61. The standard InChI is InChI=1S/C5H4Cl2O4S3/c1-3-5(14(7,10)11)4(2-12-3)13(6,8)9/h2H,1H3. The van der Waals surface area contributed by atoms with Crippen molar-refractivity contribution in [2.75, 3.05) is 0 Å². The second-order valence-corrected chi connectivity index (χ2v) is 8.48. The van der Waals surface area contributed by atoms with Gasteiger partial charge in [0, 0.05) is 31.6 Å². The van der Waals surface area contributed by atoms with Crippen molar-refractivity contribution >= 4 is 50.8 Å². The summed E-state index contributed by atoms with van der Waals surface area (Å²) in [5.41, 5.74) is 0. The van der Waals surface area contributed by atoms with Crippen LogP contribution in [0.25, 0.3) is 0 Å². The molecule has 0 atom stereocenters. The highest BCUT2D eigenvalue weighted by molar-refractivity contribution is 8.16. The number of rotatable bonds is 2. The summed E-state index contributed by atoms with van der Waals surface area (Å²) in [6.07, 6.45) is 0. The molecule has 0 amide bonds. The van der Waals surface area contributed by atoms with Gasteiger partial charge in [0.2, 0.25) is 0 Å². The Kier molecular flexibility index (Phi) is 3.18. The first-order valence-electron chi connectivity index (χ1n) is 3.11. The van der Waals surface area contributed by atoms with Gasteiger partial charge in [0.25, 0.3) is 18.1 Å². The molecule has 0 unspecified atom stereocenters. The van der Waals surface area contributed by atoms with Gasteiger partial charge < -0.3 is 0 Å². The second kappa shape index (κ2) is 3.64. The van der Waals surface area contributed by atoms with Gasteiger partial charge in [-0.2, -0.15) is 0 Å². The van der Waals surface area contributed by atoms with E-state index in [1.54, 1.807) is 0 Å². The molecular formula is C5H4Cl2O4S3. The minimum absolute atomic E-state index is 0.291. The lowest BCUT2D eigenvalue weighted by atomic mass is 10.5. The van der Waals surface area contributed by atoms with Crippen LogP contribution in [-0.2, 0) is 18.1 Å². The van der Waals surface area contributed by atoms with Crippen molar-refractivity contribution in [3.8, 4) is 0 Å². The van der Waals surface area contributed by atoms with Crippen molar-refractivity contribution in [3.05, 3.63) is 10.3 Å². The Bertz CT molecular complexity index is 554. The largest absolute Gasteiger partial charge is 0.263 e. The average Bonchev–Trinajstić information content (AvgIpc) is 2.27. The smallest absolute Gasteiger partial charge is 0.207 e. The quantitative estimate of drug-likeness (QED) is 0.782. The van der Waals surface area contributed by atoms with Gasteiger partial charge in [-0.25, -0.2) is 16.8 Å². The number of hydrogen-bond donors (Lipinski definition) is 0. The van der Waals surface area contributed by atoms with Gasteiger partial charge in [-0.15, -0.1) is 11.3 Å². The van der Waals surface area contributed by atoms with E-state index in [1.165, 1.54) is 6.92 Å². The normalized spacial score (nSPS) is 13.1. The van der Waals surface area contributed by atoms with Gasteiger partial charge in [0.15, 0.2) is 0 Å². The molecule has 0 spiro atoms. The molecule has 0 fully saturated rings. The molecule has 0 aliphatic rings. The third kappa shape index (κ3) is 2.40. The lowest BCUT2D eigenvalue weighted by Gasteiger charge is -1.97. The monoisotopic (exact) mass is 294 g/mol. The third-order valence-corrected chi connectivity index (χ3v) is 5.53. The molecule has 0 saturated heterocycles. The predicted molar refractivity (Wildman–Crippen MR) is 55.1 cm³/mol. The van der Waals surface area contributed by atoms with E-state index in [-0.39, 0.29) is 0 Å². The minimum Gasteiger partial charge on any atom is -0.207 e. The molecular weight excluding hydrogens is 291 g/mol. The minimum atomic E-state index is -4.08. The number of thiophene rings is 1. The Balaban J connectivity index is 3.68. The van der Waals surface area contributed by atoms with E-state index in [1.807, 2.05) is 0 Å². The van der Waals surface area contributed by atoms with E-state index in [4.69, 9.17) is 21.4 Å². The maximum atomic E-state index is 11.0. The Morgan fingerprint density at radius 3 is 1.93 bits per heavy atom. The Labute approximate surface area is 94.3 Å². The van der Waals surface area contributed by atoms with Crippen LogP contribution < -0.4 is 0 Å². The third-order valence-electron chi connectivity index (χ3n) is 1.39. The molecule has 80 valence electrons. The summed E-state index contributed by atoms with van der Waals surface area (Å²) < 4.78 is 44.0. The maximum absolute atomic E-state index is 11.0. The van der Waals surface area contributed by atoms with Crippen LogP contribution in [0.15, 0.2) is 15.2 Å². The zero-order chi connectivity index (χ0) is 11.1. The first kappa shape index (κ1) is 12.3. The molecule has 0 aliphatic carbocycles. The molecule has 0 aliphatic heterocycles. The van der Waals surface area contributed by atoms with Crippen LogP contribution in [0.2, 0.25) is 0 Å². The number of aryl methyl sites for hydroxylation is 1. The average molecular weight is 295 g/mol. The topological polar surface area (TPSA) is 68.3 Å². The lowest BCUT2D eigenvalue weighted by Crippen LogP contribution is -1.98. The molecule has 0 saturated carbocycles. The van der Waals surface area contributed by atoms with Crippen molar-refractivity contribution in [2.45, 2.75) is 16.7 Å². The van der Waals surface area contributed by atoms with E-state index >= 15 is 0 Å². The Morgan fingerprint density at radius 2 is 1.64 bits per heavy atom. The first-order chi connectivity index (χ1) is 6.14. The highest BCUT2D eigenvalue weighted by Gasteiger charge is 2.27. The molecule has 4 nitrogen and oxygen atoms in total. The molecule has 1 aromatic heterocycles. The summed E-state index contributed by atoms with van der Waals surface area (Å²) in [4.78, 5) is -0.602. The van der Waals surface area contributed by atoms with Crippen molar-refractivity contribution in [1.29, 1.82) is 0 Å². The summed E-state index contributed by atoms with van der Waals surface area (Å²) in [5.74, 6) is 0. The van der Waals surface area contributed by atoms with Gasteiger partial charge in [0.1, 0.15) is 9.79 Å². The van der Waals surface area contributed by atoms with Crippen molar-refractivity contribution < 1.29 is 16.8 Å². The van der Waals surface area contributed by atoms with Crippen LogP contribution in [0.1, 0.15) is 4.88 Å². The van der Waals surface area contributed by atoms with Crippen LogP contribution >= 0.6 is 32.7 Å². The van der Waals surface area contributed by atoms with E-state index < -0.39 is 27.9 Å². The second-order valence-electron chi connectivity index (χ2n) is 2.36. The fourth-order valence-corrected chi connectivity index (χ4v) is 5.96. The Morgan fingerprint density at radius 1 is 1.14 bits per heavy atom. The fourth-order valence-electron chi connectivity index (χ4n) is 0.882. The van der Waals surface area contributed by atoms with Gasteiger partial charge in [0.05, 0.1) is 0 Å². The maximum Gasteiger partial charge on any atom is 0.263 e. The van der Waals surface area contributed by atoms with Crippen LogP contribution in [0.4, 0.5) is 0 Å². The molecule has 0 N–H and O–H groups in total. The lowest BCUT2D eigenvalue weighted by molar-refractivity contribution is 0.598. The van der Waals surface area contributed by atoms with E-state index in [0.29, 0.717) is 4.88 Å². The molecule has 0 aromatic carbocycles. The summed E-state index contributed by atoms with van der Waals surface area (Å²) >= 11 is 0.958. The molecule has 1 aromatic rings. The van der Waals surface area contributed by atoms with E-state index in [0.717, 1.165) is 16.7 Å². The van der Waals surface area contributed by atoms with Gasteiger partial charge in [-0.1, -0.05) is 0 Å².